The van der Waals surface area contributed by atoms with Crippen LogP contribution in [0.25, 0.3) is 12.2 Å². The van der Waals surface area contributed by atoms with Gasteiger partial charge in [0.1, 0.15) is 17.3 Å². The van der Waals surface area contributed by atoms with Gasteiger partial charge >= 0.3 is 0 Å². The summed E-state index contributed by atoms with van der Waals surface area (Å²) in [6, 6.07) is 8.32. The van der Waals surface area contributed by atoms with Crippen LogP contribution in [0.2, 0.25) is 5.02 Å². The van der Waals surface area contributed by atoms with Crippen LogP contribution in [0.5, 0.6) is 0 Å². The number of sulfonamides is 1. The van der Waals surface area contributed by atoms with Gasteiger partial charge in [-0.1, -0.05) is 22.8 Å². The molecule has 0 aliphatic carbocycles. The van der Waals surface area contributed by atoms with Gasteiger partial charge in [-0.05, 0) is 68.7 Å². The Morgan fingerprint density at radius 2 is 1.86 bits per heavy atom. The molecule has 3 aromatic rings. The Bertz CT molecular complexity index is 1430. The van der Waals surface area contributed by atoms with Crippen molar-refractivity contribution in [1.82, 2.24) is 9.46 Å². The highest BCUT2D eigenvalue weighted by Crippen LogP contribution is 2.30. The third kappa shape index (κ3) is 5.50. The summed E-state index contributed by atoms with van der Waals surface area (Å²) in [4.78, 5) is 12.6. The van der Waals surface area contributed by atoms with Gasteiger partial charge in [-0.2, -0.15) is 4.31 Å². The van der Waals surface area contributed by atoms with Crippen LogP contribution in [0, 0.1) is 31.4 Å². The van der Waals surface area contributed by atoms with E-state index in [1.165, 1.54) is 29.4 Å². The van der Waals surface area contributed by atoms with E-state index in [4.69, 9.17) is 16.1 Å². The van der Waals surface area contributed by atoms with E-state index < -0.39 is 21.7 Å². The third-order valence-electron chi connectivity index (χ3n) is 6.07. The van der Waals surface area contributed by atoms with Crippen LogP contribution in [0.3, 0.4) is 0 Å². The fourth-order valence-electron chi connectivity index (χ4n) is 4.00. The number of rotatable bonds is 6. The first-order valence-corrected chi connectivity index (χ1v) is 13.0. The number of benzene rings is 2. The molecular weight excluding hydrogens is 512 g/mol. The predicted molar refractivity (Wildman–Crippen MR) is 133 cm³/mol. The van der Waals surface area contributed by atoms with Gasteiger partial charge in [-0.3, -0.25) is 4.79 Å². The van der Waals surface area contributed by atoms with Crippen molar-refractivity contribution in [1.29, 1.82) is 0 Å². The van der Waals surface area contributed by atoms with Crippen molar-refractivity contribution < 1.29 is 26.5 Å². The summed E-state index contributed by atoms with van der Waals surface area (Å²) in [5, 5.41) is 7.15. The maximum absolute atomic E-state index is 14.0. The topological polar surface area (TPSA) is 92.5 Å². The molecule has 1 aliphatic heterocycles. The number of hydrogen-bond acceptors (Lipinski definition) is 5. The van der Waals surface area contributed by atoms with Crippen LogP contribution in [0.15, 0.2) is 45.8 Å². The number of nitrogens with one attached hydrogen (secondary N) is 1. The molecule has 7 nitrogen and oxygen atoms in total. The average molecular weight is 536 g/mol. The summed E-state index contributed by atoms with van der Waals surface area (Å²) in [5.41, 5.74) is 1.70. The zero-order valence-electron chi connectivity index (χ0n) is 19.6. The van der Waals surface area contributed by atoms with Gasteiger partial charge in [-0.15, -0.1) is 0 Å². The maximum Gasteiger partial charge on any atom is 0.248 e. The largest absolute Gasteiger partial charge is 0.355 e. The molecule has 1 aliphatic rings. The first kappa shape index (κ1) is 26.0. The van der Waals surface area contributed by atoms with E-state index in [2.05, 4.69) is 10.5 Å². The number of carbonyl (C=O) groups is 1. The molecule has 2 heterocycles. The molecule has 1 amide bonds. The Kier molecular flexibility index (Phi) is 7.58. The smallest absolute Gasteiger partial charge is 0.248 e. The molecule has 190 valence electrons. The van der Waals surface area contributed by atoms with E-state index >= 15 is 0 Å². The SMILES string of the molecule is Cc1ccc(NC(=O)C2CCN(S(=O)(=O)c3c(C)noc3/C=C/c3ccc(F)cc3F)CC2)cc1Cl. The normalized spacial score (nSPS) is 15.5. The van der Waals surface area contributed by atoms with E-state index in [1.54, 1.807) is 12.1 Å². The summed E-state index contributed by atoms with van der Waals surface area (Å²) in [6.07, 6.45) is 3.25. The van der Waals surface area contributed by atoms with E-state index in [0.29, 0.717) is 23.6 Å². The van der Waals surface area contributed by atoms with Crippen molar-refractivity contribution >= 4 is 45.4 Å². The fourth-order valence-corrected chi connectivity index (χ4v) is 5.90. The zero-order chi connectivity index (χ0) is 26.0. The Hall–Kier alpha value is -3.08. The second kappa shape index (κ2) is 10.5. The molecule has 0 unspecified atom stereocenters. The lowest BCUT2D eigenvalue weighted by atomic mass is 9.97. The van der Waals surface area contributed by atoms with Crippen LogP contribution in [-0.2, 0) is 14.8 Å². The molecule has 1 fully saturated rings. The van der Waals surface area contributed by atoms with Gasteiger partial charge in [0.25, 0.3) is 0 Å². The van der Waals surface area contributed by atoms with E-state index in [0.717, 1.165) is 17.7 Å². The van der Waals surface area contributed by atoms with Gasteiger partial charge in [0, 0.05) is 41.3 Å². The highest BCUT2D eigenvalue weighted by molar-refractivity contribution is 7.89. The molecule has 1 saturated heterocycles. The molecule has 0 atom stereocenters. The van der Waals surface area contributed by atoms with Gasteiger partial charge in [0.05, 0.1) is 0 Å². The van der Waals surface area contributed by atoms with Crippen molar-refractivity contribution in [3.8, 4) is 0 Å². The van der Waals surface area contributed by atoms with E-state index in [1.807, 2.05) is 13.0 Å². The third-order valence-corrected chi connectivity index (χ3v) is 8.54. The van der Waals surface area contributed by atoms with Crippen LogP contribution < -0.4 is 5.32 Å². The fraction of sp³-hybridized carbons (Fsp3) is 0.280. The molecule has 0 radical (unpaired) electrons. The van der Waals surface area contributed by atoms with Crippen molar-refractivity contribution in [2.45, 2.75) is 31.6 Å². The summed E-state index contributed by atoms with van der Waals surface area (Å²) >= 11 is 6.12. The summed E-state index contributed by atoms with van der Waals surface area (Å²) in [6.45, 7) is 3.63. The number of piperidine rings is 1. The molecule has 0 bridgehead atoms. The van der Waals surface area contributed by atoms with Crippen molar-refractivity contribution in [3.63, 3.8) is 0 Å². The Morgan fingerprint density at radius 3 is 2.53 bits per heavy atom. The number of anilines is 1. The van der Waals surface area contributed by atoms with Crippen molar-refractivity contribution in [2.24, 2.45) is 5.92 Å². The lowest BCUT2D eigenvalue weighted by Gasteiger charge is -2.30. The molecule has 1 N–H and O–H groups in total. The lowest BCUT2D eigenvalue weighted by Crippen LogP contribution is -2.41. The number of carbonyl (C=O) groups excluding carboxylic acids is 1. The minimum atomic E-state index is -4.00. The quantitative estimate of drug-likeness (QED) is 0.454. The summed E-state index contributed by atoms with van der Waals surface area (Å²) in [5.74, 6) is -2.13. The molecule has 11 heteroatoms. The number of aromatic nitrogens is 1. The standard InChI is InChI=1S/C25H24ClF2N3O4S/c1-15-3-7-20(14-21(15)26)29-25(32)18-9-11-31(12-10-18)36(33,34)24-16(2)30-35-23(24)8-5-17-4-6-19(27)13-22(17)28/h3-8,13-14,18H,9-12H2,1-2H3,(H,29,32)/b8-5+. The first-order chi connectivity index (χ1) is 17.1. The number of hydrogen-bond donors (Lipinski definition) is 1. The average Bonchev–Trinajstić information content (AvgIpc) is 3.22. The van der Waals surface area contributed by atoms with Gasteiger partial charge in [-0.25, -0.2) is 17.2 Å². The van der Waals surface area contributed by atoms with Crippen LogP contribution >= 0.6 is 11.6 Å². The Labute approximate surface area is 212 Å². The minimum absolute atomic E-state index is 0.0626. The van der Waals surface area contributed by atoms with E-state index in [9.17, 15) is 22.0 Å². The van der Waals surface area contributed by atoms with E-state index in [-0.39, 0.29) is 46.8 Å². The van der Waals surface area contributed by atoms with Crippen molar-refractivity contribution in [3.05, 3.63) is 75.6 Å². The zero-order valence-corrected chi connectivity index (χ0v) is 21.2. The predicted octanol–water partition coefficient (Wildman–Crippen LogP) is 5.43. The molecule has 4 rings (SSSR count). The highest BCUT2D eigenvalue weighted by Gasteiger charge is 2.36. The number of aryl methyl sites for hydroxylation is 2. The highest BCUT2D eigenvalue weighted by atomic mass is 35.5. The second-order valence-corrected chi connectivity index (χ2v) is 10.9. The molecule has 0 spiro atoms. The molecule has 1 aromatic heterocycles. The minimum Gasteiger partial charge on any atom is -0.355 e. The maximum atomic E-state index is 14.0. The lowest BCUT2D eigenvalue weighted by molar-refractivity contribution is -0.120. The monoisotopic (exact) mass is 535 g/mol. The Morgan fingerprint density at radius 1 is 1.14 bits per heavy atom. The Balaban J connectivity index is 1.46. The molecule has 2 aromatic carbocycles. The van der Waals surface area contributed by atoms with Crippen LogP contribution in [-0.4, -0.2) is 36.9 Å². The second-order valence-electron chi connectivity index (χ2n) is 8.59. The number of nitrogens with zero attached hydrogens (tertiary/aromatic N) is 2. The number of amides is 1. The summed E-state index contributed by atoms with van der Waals surface area (Å²) in [7, 11) is -4.00. The van der Waals surface area contributed by atoms with Gasteiger partial charge < -0.3 is 9.84 Å². The molecule has 0 saturated carbocycles. The molecule has 36 heavy (non-hydrogen) atoms. The van der Waals surface area contributed by atoms with Gasteiger partial charge in [0.2, 0.25) is 15.9 Å². The van der Waals surface area contributed by atoms with Crippen molar-refractivity contribution in [2.75, 3.05) is 18.4 Å². The first-order valence-electron chi connectivity index (χ1n) is 11.2. The van der Waals surface area contributed by atoms with Gasteiger partial charge in [0.15, 0.2) is 10.7 Å². The summed E-state index contributed by atoms with van der Waals surface area (Å²) < 4.78 is 60.4. The van der Waals surface area contributed by atoms with Crippen LogP contribution in [0.4, 0.5) is 14.5 Å². The molecular formula is C25H24ClF2N3O4S. The number of halogens is 3. The van der Waals surface area contributed by atoms with Crippen LogP contribution in [0.1, 0.15) is 35.4 Å².